The van der Waals surface area contributed by atoms with Gasteiger partial charge in [-0.05, 0) is 24.6 Å². The first-order valence-corrected chi connectivity index (χ1v) is 4.77. The first-order valence-electron chi connectivity index (χ1n) is 4.77. The van der Waals surface area contributed by atoms with Gasteiger partial charge in [-0.3, -0.25) is 5.10 Å². The van der Waals surface area contributed by atoms with Crippen LogP contribution in [0, 0.1) is 12.7 Å². The largest absolute Gasteiger partial charge is 0.435 e. The normalized spacial score (nSPS) is 11.8. The van der Waals surface area contributed by atoms with Crippen LogP contribution in [0.25, 0.3) is 11.1 Å². The van der Waals surface area contributed by atoms with Crippen molar-refractivity contribution in [1.82, 2.24) is 10.2 Å². The Morgan fingerprint density at radius 2 is 1.71 bits per heavy atom. The summed E-state index contributed by atoms with van der Waals surface area (Å²) in [6, 6.07) is 4.81. The summed E-state index contributed by atoms with van der Waals surface area (Å²) in [7, 11) is 0. The van der Waals surface area contributed by atoms with Crippen LogP contribution in [0.2, 0.25) is 0 Å². The number of aryl methyl sites for hydroxylation is 1. The van der Waals surface area contributed by atoms with Crippen molar-refractivity contribution in [3.05, 3.63) is 41.5 Å². The van der Waals surface area contributed by atoms with E-state index in [-0.39, 0.29) is 11.1 Å². The first kappa shape index (κ1) is 11.6. The molecule has 1 aromatic carbocycles. The number of aromatic amines is 1. The van der Waals surface area contributed by atoms with Gasteiger partial charge in [0.2, 0.25) is 0 Å². The predicted octanol–water partition coefficient (Wildman–Crippen LogP) is 3.54. The summed E-state index contributed by atoms with van der Waals surface area (Å²) >= 11 is 0. The van der Waals surface area contributed by atoms with E-state index in [0.717, 1.165) is 12.1 Å². The highest BCUT2D eigenvalue weighted by atomic mass is 19.4. The number of benzene rings is 1. The van der Waals surface area contributed by atoms with Gasteiger partial charge >= 0.3 is 6.18 Å². The molecule has 0 unspecified atom stereocenters. The molecule has 0 saturated carbocycles. The monoisotopic (exact) mass is 244 g/mol. The van der Waals surface area contributed by atoms with Crippen LogP contribution >= 0.6 is 0 Å². The molecular weight excluding hydrogens is 236 g/mol. The van der Waals surface area contributed by atoms with Crippen LogP contribution in [0.3, 0.4) is 0 Å². The molecule has 2 rings (SSSR count). The van der Waals surface area contributed by atoms with Crippen molar-refractivity contribution in [2.45, 2.75) is 13.1 Å². The molecule has 0 saturated heterocycles. The molecule has 2 aromatic rings. The van der Waals surface area contributed by atoms with Gasteiger partial charge in [-0.1, -0.05) is 12.1 Å². The summed E-state index contributed by atoms with van der Waals surface area (Å²) in [6.07, 6.45) is -4.53. The Hall–Kier alpha value is -1.85. The standard InChI is InChI=1S/C11H8F4N2/c1-6-9(7-2-4-8(12)5-3-7)10(17-16-6)11(13,14)15/h2-5H,1H3,(H,16,17). The van der Waals surface area contributed by atoms with Crippen LogP contribution in [0.1, 0.15) is 11.4 Å². The highest BCUT2D eigenvalue weighted by Crippen LogP contribution is 2.37. The van der Waals surface area contributed by atoms with E-state index >= 15 is 0 Å². The molecule has 1 heterocycles. The maximum Gasteiger partial charge on any atom is 0.435 e. The molecule has 6 heteroatoms. The number of H-pyrrole nitrogens is 1. The van der Waals surface area contributed by atoms with Crippen molar-refractivity contribution in [2.75, 3.05) is 0 Å². The van der Waals surface area contributed by atoms with E-state index < -0.39 is 17.7 Å². The second-order valence-electron chi connectivity index (χ2n) is 3.58. The van der Waals surface area contributed by atoms with E-state index in [1.165, 1.54) is 19.1 Å². The Morgan fingerprint density at radius 1 is 1.12 bits per heavy atom. The second kappa shape index (κ2) is 3.87. The van der Waals surface area contributed by atoms with Crippen LogP contribution in [0.5, 0.6) is 0 Å². The molecule has 90 valence electrons. The molecule has 0 aliphatic rings. The Bertz CT molecular complexity index is 525. The molecule has 17 heavy (non-hydrogen) atoms. The number of hydrogen-bond donors (Lipinski definition) is 1. The van der Waals surface area contributed by atoms with Crippen LogP contribution in [-0.4, -0.2) is 10.2 Å². The molecule has 2 nitrogen and oxygen atoms in total. The molecule has 0 amide bonds. The summed E-state index contributed by atoms with van der Waals surface area (Å²) in [5.41, 5.74) is -0.451. The number of halogens is 4. The van der Waals surface area contributed by atoms with Gasteiger partial charge in [0.05, 0.1) is 0 Å². The summed E-state index contributed by atoms with van der Waals surface area (Å²) in [5.74, 6) is -0.497. The zero-order chi connectivity index (χ0) is 12.6. The Labute approximate surface area is 94.3 Å². The topological polar surface area (TPSA) is 28.7 Å². The third kappa shape index (κ3) is 2.15. The Morgan fingerprint density at radius 3 is 2.24 bits per heavy atom. The zero-order valence-corrected chi connectivity index (χ0v) is 8.77. The number of hydrogen-bond acceptors (Lipinski definition) is 1. The van der Waals surface area contributed by atoms with Crippen LogP contribution in [-0.2, 0) is 6.18 Å². The number of nitrogens with one attached hydrogen (secondary N) is 1. The molecule has 1 N–H and O–H groups in total. The number of rotatable bonds is 1. The van der Waals surface area contributed by atoms with Gasteiger partial charge < -0.3 is 0 Å². The zero-order valence-electron chi connectivity index (χ0n) is 8.77. The summed E-state index contributed by atoms with van der Waals surface area (Å²) in [4.78, 5) is 0. The van der Waals surface area contributed by atoms with Crippen molar-refractivity contribution in [1.29, 1.82) is 0 Å². The van der Waals surface area contributed by atoms with E-state index in [1.54, 1.807) is 0 Å². The van der Waals surface area contributed by atoms with Crippen LogP contribution in [0.4, 0.5) is 17.6 Å². The maximum atomic E-state index is 12.7. The number of aromatic nitrogens is 2. The molecule has 0 atom stereocenters. The van der Waals surface area contributed by atoms with E-state index in [2.05, 4.69) is 10.2 Å². The fourth-order valence-electron chi connectivity index (χ4n) is 1.60. The van der Waals surface area contributed by atoms with Gasteiger partial charge in [-0.15, -0.1) is 0 Å². The van der Waals surface area contributed by atoms with Crippen molar-refractivity contribution < 1.29 is 17.6 Å². The Kier molecular flexibility index (Phi) is 2.65. The molecule has 1 aromatic heterocycles. The minimum Gasteiger partial charge on any atom is -0.282 e. The number of nitrogens with zero attached hydrogens (tertiary/aromatic N) is 1. The molecule has 0 aliphatic carbocycles. The molecule has 0 bridgehead atoms. The lowest BCUT2D eigenvalue weighted by Gasteiger charge is -2.07. The van der Waals surface area contributed by atoms with E-state index in [0.29, 0.717) is 5.69 Å². The molecular formula is C11H8F4N2. The van der Waals surface area contributed by atoms with Gasteiger partial charge in [0.25, 0.3) is 0 Å². The fraction of sp³-hybridized carbons (Fsp3) is 0.182. The van der Waals surface area contributed by atoms with Gasteiger partial charge in [0, 0.05) is 11.3 Å². The molecule has 0 fully saturated rings. The highest BCUT2D eigenvalue weighted by molar-refractivity contribution is 5.68. The van der Waals surface area contributed by atoms with E-state index in [9.17, 15) is 17.6 Å². The number of alkyl halides is 3. The SMILES string of the molecule is Cc1[nH]nc(C(F)(F)F)c1-c1ccc(F)cc1. The van der Waals surface area contributed by atoms with Crippen molar-refractivity contribution >= 4 is 0 Å². The summed E-state index contributed by atoms with van der Waals surface area (Å²) in [6.45, 7) is 1.49. The highest BCUT2D eigenvalue weighted by Gasteiger charge is 2.37. The fourth-order valence-corrected chi connectivity index (χ4v) is 1.60. The lowest BCUT2D eigenvalue weighted by Crippen LogP contribution is -2.07. The summed E-state index contributed by atoms with van der Waals surface area (Å²) in [5, 5.41) is 5.54. The van der Waals surface area contributed by atoms with Crippen LogP contribution < -0.4 is 0 Å². The van der Waals surface area contributed by atoms with Gasteiger partial charge in [-0.2, -0.15) is 18.3 Å². The predicted molar refractivity (Wildman–Crippen MR) is 53.7 cm³/mol. The molecule has 0 spiro atoms. The average molecular weight is 244 g/mol. The second-order valence-corrected chi connectivity index (χ2v) is 3.58. The van der Waals surface area contributed by atoms with Gasteiger partial charge in [-0.25, -0.2) is 4.39 Å². The Balaban J connectivity index is 2.59. The third-order valence-electron chi connectivity index (χ3n) is 2.35. The van der Waals surface area contributed by atoms with Gasteiger partial charge in [0.15, 0.2) is 5.69 Å². The smallest absolute Gasteiger partial charge is 0.282 e. The maximum absolute atomic E-state index is 12.7. The third-order valence-corrected chi connectivity index (χ3v) is 2.35. The van der Waals surface area contributed by atoms with E-state index in [4.69, 9.17) is 0 Å². The van der Waals surface area contributed by atoms with Crippen molar-refractivity contribution in [3.63, 3.8) is 0 Å². The van der Waals surface area contributed by atoms with Crippen LogP contribution in [0.15, 0.2) is 24.3 Å². The van der Waals surface area contributed by atoms with Crippen molar-refractivity contribution in [3.8, 4) is 11.1 Å². The minimum atomic E-state index is -4.53. The quantitative estimate of drug-likeness (QED) is 0.763. The minimum absolute atomic E-state index is 0.0440. The molecule has 0 radical (unpaired) electrons. The summed E-state index contributed by atoms with van der Waals surface area (Å²) < 4.78 is 50.7. The van der Waals surface area contributed by atoms with E-state index in [1.807, 2.05) is 0 Å². The van der Waals surface area contributed by atoms with Gasteiger partial charge in [0.1, 0.15) is 5.82 Å². The lowest BCUT2D eigenvalue weighted by molar-refractivity contribution is -0.140. The van der Waals surface area contributed by atoms with Crippen molar-refractivity contribution in [2.24, 2.45) is 0 Å². The lowest BCUT2D eigenvalue weighted by atomic mass is 10.0. The average Bonchev–Trinajstić information content (AvgIpc) is 2.61. The molecule has 0 aliphatic heterocycles. The first-order chi connectivity index (χ1) is 7.89.